The molecule has 5 aliphatic rings. The summed E-state index contributed by atoms with van der Waals surface area (Å²) >= 11 is 0. The molecule has 3 aliphatic carbocycles. The van der Waals surface area contributed by atoms with Crippen LogP contribution in [0.4, 0.5) is 0 Å². The zero-order valence-electron chi connectivity index (χ0n) is 14.4. The van der Waals surface area contributed by atoms with Gasteiger partial charge in [-0.1, -0.05) is 12.6 Å². The quantitative estimate of drug-likeness (QED) is 0.813. The van der Waals surface area contributed by atoms with E-state index in [1.54, 1.807) is 6.07 Å². The molecule has 0 radical (unpaired) electrons. The number of piperidine rings is 1. The lowest BCUT2D eigenvalue weighted by molar-refractivity contribution is -0.0932. The fourth-order valence-electron chi connectivity index (χ4n) is 6.49. The lowest BCUT2D eigenvalue weighted by atomic mass is 9.50. The fourth-order valence-corrected chi connectivity index (χ4v) is 6.49. The van der Waals surface area contributed by atoms with E-state index in [2.05, 4.69) is 17.5 Å². The average Bonchev–Trinajstić information content (AvgIpc) is 3.33. The van der Waals surface area contributed by atoms with E-state index in [-0.39, 0.29) is 29.3 Å². The van der Waals surface area contributed by atoms with Gasteiger partial charge in [-0.25, -0.2) is 0 Å². The summed E-state index contributed by atoms with van der Waals surface area (Å²) in [6.45, 7) is 6.49. The zero-order chi connectivity index (χ0) is 16.9. The van der Waals surface area contributed by atoms with Crippen molar-refractivity contribution in [2.45, 2.75) is 55.8 Å². The molecule has 5 unspecified atom stereocenters. The Bertz CT molecular complexity index is 786. The second-order valence-electron chi connectivity index (χ2n) is 8.90. The molecule has 1 spiro atoms. The Kier molecular flexibility index (Phi) is 2.69. The summed E-state index contributed by atoms with van der Waals surface area (Å²) in [5.74, 6) is 1.95. The smallest absolute Gasteiger partial charge is 0.166 e. The number of phenolic OH excluding ortho intramolecular Hbond substituents is 1. The number of hydrogen-bond donors (Lipinski definition) is 2. The number of aliphatic hydroxyl groups is 1. The summed E-state index contributed by atoms with van der Waals surface area (Å²) in [7, 11) is 0. The molecule has 1 saturated heterocycles. The minimum atomic E-state index is -0.360. The van der Waals surface area contributed by atoms with Gasteiger partial charge in [0.25, 0.3) is 0 Å². The van der Waals surface area contributed by atoms with Gasteiger partial charge < -0.3 is 14.9 Å². The van der Waals surface area contributed by atoms with Crippen LogP contribution in [0.1, 0.15) is 36.8 Å². The maximum absolute atomic E-state index is 11.1. The highest BCUT2D eigenvalue weighted by Gasteiger charge is 2.66. The Hall–Kier alpha value is -1.52. The SMILES string of the molecule is C=C1CC(O)C2C3Cc4ccc(O)c5c4C2(CCN3CC2CC2)C1O5. The molecule has 2 aliphatic heterocycles. The number of rotatable bonds is 2. The topological polar surface area (TPSA) is 52.9 Å². The van der Waals surface area contributed by atoms with Crippen molar-refractivity contribution in [3.8, 4) is 11.5 Å². The Morgan fingerprint density at radius 3 is 2.92 bits per heavy atom. The first-order chi connectivity index (χ1) is 12.1. The van der Waals surface area contributed by atoms with Crippen molar-refractivity contribution >= 4 is 0 Å². The van der Waals surface area contributed by atoms with Crippen LogP contribution in [-0.2, 0) is 11.8 Å². The van der Waals surface area contributed by atoms with Gasteiger partial charge in [-0.3, -0.25) is 4.90 Å². The van der Waals surface area contributed by atoms with E-state index in [0.717, 1.165) is 30.9 Å². The van der Waals surface area contributed by atoms with Crippen molar-refractivity contribution in [2.75, 3.05) is 13.1 Å². The standard InChI is InChI=1S/C21H25NO3/c1-11-8-16(24)18-14-9-13-4-5-15(23)19-17(13)21(18,20(11)25-19)6-7-22(14)10-12-2-3-12/h4-5,12,14,16,18,20,23-24H,1-3,6-10H2. The van der Waals surface area contributed by atoms with Crippen molar-refractivity contribution in [2.24, 2.45) is 11.8 Å². The molecule has 0 aromatic heterocycles. The molecule has 3 fully saturated rings. The third kappa shape index (κ3) is 1.70. The number of aromatic hydroxyl groups is 1. The molecule has 5 atom stereocenters. The van der Waals surface area contributed by atoms with E-state index < -0.39 is 0 Å². The van der Waals surface area contributed by atoms with Crippen molar-refractivity contribution in [3.05, 3.63) is 35.4 Å². The number of benzene rings is 1. The number of likely N-dealkylation sites (tertiary alicyclic amines) is 1. The third-order valence-corrected chi connectivity index (χ3v) is 7.56. The van der Waals surface area contributed by atoms with Gasteiger partial charge in [0.1, 0.15) is 6.10 Å². The van der Waals surface area contributed by atoms with Crippen LogP contribution in [0.5, 0.6) is 11.5 Å². The minimum absolute atomic E-state index is 0.0891. The molecular formula is C21H25NO3. The lowest BCUT2D eigenvalue weighted by Crippen LogP contribution is -2.68. The monoisotopic (exact) mass is 339 g/mol. The highest BCUT2D eigenvalue weighted by molar-refractivity contribution is 5.62. The number of hydrogen-bond acceptors (Lipinski definition) is 4. The third-order valence-electron chi connectivity index (χ3n) is 7.56. The van der Waals surface area contributed by atoms with Gasteiger partial charge in [0.2, 0.25) is 0 Å². The van der Waals surface area contributed by atoms with Crippen LogP contribution in [0.3, 0.4) is 0 Å². The molecular weight excluding hydrogens is 314 g/mol. The predicted molar refractivity (Wildman–Crippen MR) is 93.9 cm³/mol. The first-order valence-corrected chi connectivity index (χ1v) is 9.71. The van der Waals surface area contributed by atoms with E-state index in [4.69, 9.17) is 4.74 Å². The highest BCUT2D eigenvalue weighted by Crippen LogP contribution is 2.64. The van der Waals surface area contributed by atoms with Gasteiger partial charge in [0.15, 0.2) is 11.5 Å². The maximum atomic E-state index is 11.1. The van der Waals surface area contributed by atoms with Gasteiger partial charge in [-0.05, 0) is 61.8 Å². The Morgan fingerprint density at radius 2 is 2.12 bits per heavy atom. The van der Waals surface area contributed by atoms with Crippen molar-refractivity contribution < 1.29 is 14.9 Å². The van der Waals surface area contributed by atoms with Crippen LogP contribution in [0.15, 0.2) is 24.3 Å². The maximum Gasteiger partial charge on any atom is 0.166 e. The first kappa shape index (κ1) is 14.6. The molecule has 1 aromatic carbocycles. The second kappa shape index (κ2) is 4.60. The van der Waals surface area contributed by atoms with E-state index in [1.807, 2.05) is 0 Å². The Balaban J connectivity index is 1.55. The normalized spacial score (nSPS) is 41.4. The highest BCUT2D eigenvalue weighted by atomic mass is 16.5. The number of ether oxygens (including phenoxy) is 1. The summed E-state index contributed by atoms with van der Waals surface area (Å²) < 4.78 is 6.32. The molecule has 2 bridgehead atoms. The van der Waals surface area contributed by atoms with Crippen LogP contribution < -0.4 is 4.74 Å². The first-order valence-electron chi connectivity index (χ1n) is 9.71. The summed E-state index contributed by atoms with van der Waals surface area (Å²) in [6, 6.07) is 4.24. The summed E-state index contributed by atoms with van der Waals surface area (Å²) in [5, 5.41) is 21.5. The zero-order valence-corrected chi connectivity index (χ0v) is 14.4. The van der Waals surface area contributed by atoms with Crippen molar-refractivity contribution in [1.29, 1.82) is 0 Å². The largest absolute Gasteiger partial charge is 0.504 e. The number of nitrogens with zero attached hydrogens (tertiary/aromatic N) is 1. The van der Waals surface area contributed by atoms with Crippen LogP contribution >= 0.6 is 0 Å². The van der Waals surface area contributed by atoms with E-state index in [1.165, 1.54) is 30.5 Å². The molecule has 4 heteroatoms. The number of phenols is 1. The minimum Gasteiger partial charge on any atom is -0.504 e. The lowest BCUT2D eigenvalue weighted by Gasteiger charge is -2.60. The Morgan fingerprint density at radius 1 is 1.28 bits per heavy atom. The van der Waals surface area contributed by atoms with Gasteiger partial charge in [-0.15, -0.1) is 0 Å². The molecule has 2 saturated carbocycles. The number of aliphatic hydroxyl groups excluding tert-OH is 1. The van der Waals surface area contributed by atoms with E-state index >= 15 is 0 Å². The predicted octanol–water partition coefficient (Wildman–Crippen LogP) is 2.37. The molecule has 0 amide bonds. The van der Waals surface area contributed by atoms with E-state index in [9.17, 15) is 10.2 Å². The van der Waals surface area contributed by atoms with Gasteiger partial charge in [0, 0.05) is 29.5 Å². The van der Waals surface area contributed by atoms with Crippen LogP contribution in [0.25, 0.3) is 0 Å². The fraction of sp³-hybridized carbons (Fsp3) is 0.619. The van der Waals surface area contributed by atoms with Gasteiger partial charge in [0.05, 0.1) is 6.10 Å². The molecule has 25 heavy (non-hydrogen) atoms. The molecule has 4 nitrogen and oxygen atoms in total. The van der Waals surface area contributed by atoms with E-state index in [0.29, 0.717) is 18.2 Å². The van der Waals surface area contributed by atoms with Gasteiger partial charge in [-0.2, -0.15) is 0 Å². The summed E-state index contributed by atoms with van der Waals surface area (Å²) in [6.07, 6.45) is 4.84. The van der Waals surface area contributed by atoms with Crippen molar-refractivity contribution in [1.82, 2.24) is 4.90 Å². The second-order valence-corrected chi connectivity index (χ2v) is 8.90. The molecule has 132 valence electrons. The summed E-state index contributed by atoms with van der Waals surface area (Å²) in [4.78, 5) is 2.65. The molecule has 1 aromatic rings. The summed E-state index contributed by atoms with van der Waals surface area (Å²) in [5.41, 5.74) is 3.28. The van der Waals surface area contributed by atoms with Gasteiger partial charge >= 0.3 is 0 Å². The van der Waals surface area contributed by atoms with Crippen LogP contribution in [-0.4, -0.2) is 46.5 Å². The van der Waals surface area contributed by atoms with Crippen LogP contribution in [0, 0.1) is 11.8 Å². The van der Waals surface area contributed by atoms with Crippen LogP contribution in [0.2, 0.25) is 0 Å². The molecule has 2 heterocycles. The van der Waals surface area contributed by atoms with Crippen molar-refractivity contribution in [3.63, 3.8) is 0 Å². The average molecular weight is 339 g/mol. The molecule has 2 N–H and O–H groups in total. The Labute approximate surface area is 148 Å². The molecule has 6 rings (SSSR count).